The summed E-state index contributed by atoms with van der Waals surface area (Å²) in [5, 5.41) is 0. The van der Waals surface area contributed by atoms with Gasteiger partial charge in [-0.1, -0.05) is 86.7 Å². The summed E-state index contributed by atoms with van der Waals surface area (Å²) < 4.78 is 55.6. The van der Waals surface area contributed by atoms with Gasteiger partial charge in [-0.3, -0.25) is 0 Å². The number of hydrogen-bond donors (Lipinski definition) is 0. The Morgan fingerprint density at radius 1 is 0.605 bits per heavy atom. The molecule has 0 aliphatic carbocycles. The number of unbranched alkanes of at least 4 members (excludes halogenated alkanes) is 4. The molecule has 0 aliphatic heterocycles. The van der Waals surface area contributed by atoms with Gasteiger partial charge in [0.15, 0.2) is 11.6 Å². The minimum absolute atomic E-state index is 0.120. The van der Waals surface area contributed by atoms with Crippen molar-refractivity contribution >= 4 is 0 Å². The molecule has 0 atom stereocenters. The second kappa shape index (κ2) is 13.2. The molecule has 0 unspecified atom stereocenters. The third-order valence-electron chi connectivity index (χ3n) is 6.54. The van der Waals surface area contributed by atoms with Crippen LogP contribution in [0.25, 0.3) is 22.3 Å². The van der Waals surface area contributed by atoms with Gasteiger partial charge in [0.05, 0.1) is 6.61 Å². The molecule has 4 aromatic carbocycles. The second-order valence-electron chi connectivity index (χ2n) is 9.48. The predicted octanol–water partition coefficient (Wildman–Crippen LogP) is 9.67. The lowest BCUT2D eigenvalue weighted by molar-refractivity contribution is 0.297. The minimum atomic E-state index is -0.926. The third kappa shape index (κ3) is 6.97. The predicted molar refractivity (Wildman–Crippen MR) is 147 cm³/mol. The smallest absolute Gasteiger partial charge is 0.167 e. The van der Waals surface area contributed by atoms with Crippen LogP contribution in [0.5, 0.6) is 11.5 Å². The van der Waals surface area contributed by atoms with E-state index in [0.717, 1.165) is 18.4 Å². The van der Waals surface area contributed by atoms with Crippen LogP contribution in [0.2, 0.25) is 0 Å². The topological polar surface area (TPSA) is 18.5 Å². The van der Waals surface area contributed by atoms with E-state index < -0.39 is 11.6 Å². The molecule has 0 saturated heterocycles. The number of hydrogen-bond acceptors (Lipinski definition) is 2. The van der Waals surface area contributed by atoms with Gasteiger partial charge in [0.1, 0.15) is 23.9 Å². The molecule has 38 heavy (non-hydrogen) atoms. The molecule has 4 aromatic rings. The van der Waals surface area contributed by atoms with Crippen molar-refractivity contribution < 1.29 is 22.6 Å². The first-order chi connectivity index (χ1) is 18.5. The van der Waals surface area contributed by atoms with Crippen LogP contribution in [-0.4, -0.2) is 6.61 Å². The largest absolute Gasteiger partial charge is 0.493 e. The highest BCUT2D eigenvalue weighted by molar-refractivity contribution is 5.66. The summed E-state index contributed by atoms with van der Waals surface area (Å²) >= 11 is 0. The van der Waals surface area contributed by atoms with E-state index in [1.165, 1.54) is 31.4 Å². The molecule has 0 amide bonds. The first-order valence-corrected chi connectivity index (χ1v) is 13.2. The number of ether oxygens (including phenoxy) is 2. The average molecular weight is 519 g/mol. The van der Waals surface area contributed by atoms with Gasteiger partial charge >= 0.3 is 0 Å². The van der Waals surface area contributed by atoms with Gasteiger partial charge < -0.3 is 9.47 Å². The van der Waals surface area contributed by atoms with E-state index in [-0.39, 0.29) is 23.6 Å². The van der Waals surface area contributed by atoms with Crippen LogP contribution in [0, 0.1) is 24.4 Å². The Hall–Kier alpha value is -3.73. The summed E-state index contributed by atoms with van der Waals surface area (Å²) in [5.74, 6) is -1.20. The van der Waals surface area contributed by atoms with Crippen LogP contribution in [0.15, 0.2) is 78.9 Å². The van der Waals surface area contributed by atoms with E-state index in [4.69, 9.17) is 9.47 Å². The number of aryl methyl sites for hydroxylation is 1. The van der Waals surface area contributed by atoms with Crippen molar-refractivity contribution in [1.82, 2.24) is 0 Å². The molecule has 4 rings (SSSR count). The molecule has 0 aliphatic rings. The van der Waals surface area contributed by atoms with E-state index in [1.54, 1.807) is 54.6 Å². The van der Waals surface area contributed by atoms with Gasteiger partial charge in [0, 0.05) is 22.8 Å². The van der Waals surface area contributed by atoms with Crippen molar-refractivity contribution in [3.05, 3.63) is 107 Å². The molecule has 0 aromatic heterocycles. The van der Waals surface area contributed by atoms with Gasteiger partial charge in [0.2, 0.25) is 0 Å². The highest BCUT2D eigenvalue weighted by atomic mass is 19.2. The van der Waals surface area contributed by atoms with E-state index in [1.807, 2.05) is 19.1 Å². The van der Waals surface area contributed by atoms with Gasteiger partial charge in [-0.2, -0.15) is 0 Å². The maximum atomic E-state index is 14.8. The zero-order valence-electron chi connectivity index (χ0n) is 21.9. The number of halogens is 3. The molecule has 0 heterocycles. The Morgan fingerprint density at radius 2 is 1.24 bits per heavy atom. The zero-order valence-corrected chi connectivity index (χ0v) is 21.9. The van der Waals surface area contributed by atoms with E-state index in [9.17, 15) is 13.2 Å². The van der Waals surface area contributed by atoms with Crippen molar-refractivity contribution in [3.63, 3.8) is 0 Å². The summed E-state index contributed by atoms with van der Waals surface area (Å²) in [7, 11) is 0. The van der Waals surface area contributed by atoms with Gasteiger partial charge in [-0.15, -0.1) is 0 Å². The summed E-state index contributed by atoms with van der Waals surface area (Å²) in [5.41, 5.74) is 3.12. The molecule has 0 radical (unpaired) electrons. The maximum Gasteiger partial charge on any atom is 0.167 e. The normalized spacial score (nSPS) is 11.0. The summed E-state index contributed by atoms with van der Waals surface area (Å²) in [6.45, 7) is 4.56. The van der Waals surface area contributed by atoms with Gasteiger partial charge in [-0.05, 0) is 48.7 Å². The highest BCUT2D eigenvalue weighted by Gasteiger charge is 2.15. The zero-order chi connectivity index (χ0) is 26.9. The van der Waals surface area contributed by atoms with Crippen LogP contribution in [0.4, 0.5) is 13.2 Å². The molecule has 5 heteroatoms. The average Bonchev–Trinajstić information content (AvgIpc) is 2.93. The standard InChI is InChI=1S/C33H33F3O2/c1-3-4-5-6-7-20-37-28-17-19-29(31(34)21-28)24-12-15-27(16-13-24)38-22-26-14-18-30(33(36)32(26)35)25-10-8-23(2)9-11-25/h8-19,21H,3-7,20,22H2,1-2H3. The Kier molecular flexibility index (Phi) is 9.47. The fourth-order valence-electron chi connectivity index (χ4n) is 4.26. The van der Waals surface area contributed by atoms with Gasteiger partial charge in [0.25, 0.3) is 0 Å². The first kappa shape index (κ1) is 27.3. The number of rotatable bonds is 12. The highest BCUT2D eigenvalue weighted by Crippen LogP contribution is 2.30. The Morgan fingerprint density at radius 3 is 1.95 bits per heavy atom. The maximum absolute atomic E-state index is 14.8. The monoisotopic (exact) mass is 518 g/mol. The molecule has 0 N–H and O–H groups in total. The molecular formula is C33H33F3O2. The lowest BCUT2D eigenvalue weighted by Gasteiger charge is -2.12. The quantitative estimate of drug-likeness (QED) is 0.174. The van der Waals surface area contributed by atoms with Crippen LogP contribution in [0.3, 0.4) is 0 Å². The first-order valence-electron chi connectivity index (χ1n) is 13.2. The molecule has 0 saturated carbocycles. The van der Waals surface area contributed by atoms with Crippen molar-refractivity contribution in [1.29, 1.82) is 0 Å². The third-order valence-corrected chi connectivity index (χ3v) is 6.54. The summed E-state index contributed by atoms with van der Waals surface area (Å²) in [6, 6.07) is 22.1. The molecule has 0 bridgehead atoms. The summed E-state index contributed by atoms with van der Waals surface area (Å²) in [4.78, 5) is 0. The van der Waals surface area contributed by atoms with Crippen LogP contribution >= 0.6 is 0 Å². The number of benzene rings is 4. The SMILES string of the molecule is CCCCCCCOc1ccc(-c2ccc(OCc3ccc(-c4ccc(C)cc4)c(F)c3F)cc2)c(F)c1. The van der Waals surface area contributed by atoms with Crippen molar-refractivity contribution in [2.45, 2.75) is 52.6 Å². The Balaban J connectivity index is 1.35. The molecular weight excluding hydrogens is 485 g/mol. The molecule has 0 fully saturated rings. The van der Waals surface area contributed by atoms with E-state index >= 15 is 0 Å². The van der Waals surface area contributed by atoms with Crippen molar-refractivity contribution in [3.8, 4) is 33.8 Å². The Labute approximate surface area is 223 Å². The van der Waals surface area contributed by atoms with Crippen molar-refractivity contribution in [2.75, 3.05) is 6.61 Å². The lowest BCUT2D eigenvalue weighted by Crippen LogP contribution is -2.02. The lowest BCUT2D eigenvalue weighted by atomic mass is 10.0. The fourth-order valence-corrected chi connectivity index (χ4v) is 4.26. The molecule has 198 valence electrons. The van der Waals surface area contributed by atoms with Crippen LogP contribution < -0.4 is 9.47 Å². The van der Waals surface area contributed by atoms with Crippen molar-refractivity contribution in [2.24, 2.45) is 0 Å². The summed E-state index contributed by atoms with van der Waals surface area (Å²) in [6.07, 6.45) is 5.69. The molecule has 2 nitrogen and oxygen atoms in total. The molecule has 0 spiro atoms. The van der Waals surface area contributed by atoms with E-state index in [2.05, 4.69) is 6.92 Å². The van der Waals surface area contributed by atoms with Crippen LogP contribution in [0.1, 0.15) is 50.2 Å². The second-order valence-corrected chi connectivity index (χ2v) is 9.48. The van der Waals surface area contributed by atoms with E-state index in [0.29, 0.717) is 34.8 Å². The Bertz CT molecular complexity index is 1330. The van der Waals surface area contributed by atoms with Gasteiger partial charge in [-0.25, -0.2) is 13.2 Å². The minimum Gasteiger partial charge on any atom is -0.493 e. The fraction of sp³-hybridized carbons (Fsp3) is 0.273. The van der Waals surface area contributed by atoms with Crippen LogP contribution in [-0.2, 0) is 6.61 Å².